The molecule has 1 aromatic carbocycles. The number of carbonyl (C=O) groups is 2. The molecule has 5 heteroatoms. The van der Waals surface area contributed by atoms with Gasteiger partial charge in [-0.25, -0.2) is 9.69 Å². The average molecular weight is 315 g/mol. The molecule has 2 amide bonds. The van der Waals surface area contributed by atoms with Crippen molar-refractivity contribution in [2.45, 2.75) is 31.7 Å². The third-order valence-electron chi connectivity index (χ3n) is 5.49. The molecule has 0 aromatic heterocycles. The molecule has 23 heavy (non-hydrogen) atoms. The van der Waals surface area contributed by atoms with Gasteiger partial charge in [0.25, 0.3) is 0 Å². The third kappa shape index (κ3) is 2.63. The summed E-state index contributed by atoms with van der Waals surface area (Å²) in [5.74, 6) is -0.0781. The van der Waals surface area contributed by atoms with Crippen LogP contribution in [0.1, 0.15) is 24.8 Å². The highest BCUT2D eigenvalue weighted by molar-refractivity contribution is 5.96. The van der Waals surface area contributed by atoms with Crippen molar-refractivity contribution in [2.24, 2.45) is 11.3 Å². The molecular weight excluding hydrogens is 294 g/mol. The molecule has 3 aliphatic rings. The van der Waals surface area contributed by atoms with Gasteiger partial charge in [0.05, 0.1) is 6.04 Å². The standard InChI is InChI=1S/C18H21NO4/c20-16(15-11-18(15)6-8-22-9-7-18)19-14(12-23-17(19)21)10-13-4-2-1-3-5-13/h1-5,14-15H,6-12H2/t14-,15+/m1/s1. The fourth-order valence-electron chi connectivity index (χ4n) is 3.96. The van der Waals surface area contributed by atoms with Crippen LogP contribution in [0, 0.1) is 11.3 Å². The summed E-state index contributed by atoms with van der Waals surface area (Å²) in [5.41, 5.74) is 1.19. The Hall–Kier alpha value is -1.88. The Balaban J connectivity index is 1.47. The van der Waals surface area contributed by atoms with Gasteiger partial charge in [0.15, 0.2) is 0 Å². The van der Waals surface area contributed by atoms with E-state index in [9.17, 15) is 9.59 Å². The molecule has 2 aliphatic heterocycles. The molecule has 0 radical (unpaired) electrons. The molecule has 1 saturated carbocycles. The zero-order valence-corrected chi connectivity index (χ0v) is 13.1. The van der Waals surface area contributed by atoms with Crippen LogP contribution in [0.3, 0.4) is 0 Å². The largest absolute Gasteiger partial charge is 0.447 e. The molecule has 0 unspecified atom stereocenters. The summed E-state index contributed by atoms with van der Waals surface area (Å²) in [6, 6.07) is 9.75. The third-order valence-corrected chi connectivity index (χ3v) is 5.49. The second kappa shape index (κ2) is 5.64. The van der Waals surface area contributed by atoms with Gasteiger partial charge in [-0.2, -0.15) is 0 Å². The number of imide groups is 1. The van der Waals surface area contributed by atoms with Gasteiger partial charge in [-0.05, 0) is 36.7 Å². The van der Waals surface area contributed by atoms with Crippen molar-refractivity contribution in [3.63, 3.8) is 0 Å². The fourth-order valence-corrected chi connectivity index (χ4v) is 3.96. The number of cyclic esters (lactones) is 1. The Kier molecular flexibility index (Phi) is 3.60. The van der Waals surface area contributed by atoms with Gasteiger partial charge < -0.3 is 9.47 Å². The molecule has 122 valence electrons. The highest BCUT2D eigenvalue weighted by atomic mass is 16.6. The topological polar surface area (TPSA) is 55.8 Å². The number of nitrogens with zero attached hydrogens (tertiary/aromatic N) is 1. The van der Waals surface area contributed by atoms with Crippen molar-refractivity contribution in [1.82, 2.24) is 4.90 Å². The normalized spacial score (nSPS) is 28.7. The zero-order chi connectivity index (χ0) is 15.9. The maximum Gasteiger partial charge on any atom is 0.416 e. The predicted molar refractivity (Wildman–Crippen MR) is 82.7 cm³/mol. The second-order valence-electron chi connectivity index (χ2n) is 6.86. The minimum absolute atomic E-state index is 0.0321. The van der Waals surface area contributed by atoms with E-state index in [0.717, 1.165) is 38.0 Å². The van der Waals surface area contributed by atoms with Crippen LogP contribution in [-0.2, 0) is 20.7 Å². The summed E-state index contributed by atoms with van der Waals surface area (Å²) < 4.78 is 10.6. The molecule has 4 rings (SSSR count). The second-order valence-corrected chi connectivity index (χ2v) is 6.86. The van der Waals surface area contributed by atoms with E-state index in [1.165, 1.54) is 4.90 Å². The van der Waals surface area contributed by atoms with E-state index in [2.05, 4.69) is 0 Å². The zero-order valence-electron chi connectivity index (χ0n) is 13.1. The quantitative estimate of drug-likeness (QED) is 0.859. The van der Waals surface area contributed by atoms with E-state index < -0.39 is 6.09 Å². The monoisotopic (exact) mass is 315 g/mol. The maximum atomic E-state index is 12.9. The first-order chi connectivity index (χ1) is 11.2. The Bertz CT molecular complexity index is 609. The van der Waals surface area contributed by atoms with Crippen molar-refractivity contribution < 1.29 is 19.1 Å². The van der Waals surface area contributed by atoms with Gasteiger partial charge in [0.2, 0.25) is 5.91 Å². The summed E-state index contributed by atoms with van der Waals surface area (Å²) in [5, 5.41) is 0. The first-order valence-corrected chi connectivity index (χ1v) is 8.31. The molecule has 1 aromatic rings. The average Bonchev–Trinajstić information content (AvgIpc) is 3.14. The Morgan fingerprint density at radius 2 is 1.96 bits per heavy atom. The summed E-state index contributed by atoms with van der Waals surface area (Å²) in [6.07, 6.45) is 2.91. The molecule has 2 saturated heterocycles. The lowest BCUT2D eigenvalue weighted by molar-refractivity contribution is -0.131. The fraction of sp³-hybridized carbons (Fsp3) is 0.556. The number of amides is 2. The summed E-state index contributed by atoms with van der Waals surface area (Å²) >= 11 is 0. The summed E-state index contributed by atoms with van der Waals surface area (Å²) in [4.78, 5) is 26.3. The molecule has 2 atom stereocenters. The van der Waals surface area contributed by atoms with Crippen molar-refractivity contribution in [3.05, 3.63) is 35.9 Å². The Labute approximate surface area is 135 Å². The van der Waals surface area contributed by atoms with Gasteiger partial charge in [-0.1, -0.05) is 30.3 Å². The van der Waals surface area contributed by atoms with Gasteiger partial charge in [-0.15, -0.1) is 0 Å². The molecule has 1 aliphatic carbocycles. The lowest BCUT2D eigenvalue weighted by Gasteiger charge is -2.25. The van der Waals surface area contributed by atoms with Gasteiger partial charge in [-0.3, -0.25) is 4.79 Å². The van der Waals surface area contributed by atoms with Crippen LogP contribution in [0.15, 0.2) is 30.3 Å². The minimum Gasteiger partial charge on any atom is -0.447 e. The summed E-state index contributed by atoms with van der Waals surface area (Å²) in [6.45, 7) is 1.74. The van der Waals surface area contributed by atoms with Crippen LogP contribution in [0.25, 0.3) is 0 Å². The van der Waals surface area contributed by atoms with Gasteiger partial charge >= 0.3 is 6.09 Å². The Morgan fingerprint density at radius 3 is 2.70 bits per heavy atom. The van der Waals surface area contributed by atoms with Crippen molar-refractivity contribution in [3.8, 4) is 0 Å². The highest BCUT2D eigenvalue weighted by Crippen LogP contribution is 2.60. The van der Waals surface area contributed by atoms with Gasteiger partial charge in [0.1, 0.15) is 6.61 Å². The first-order valence-electron chi connectivity index (χ1n) is 8.31. The maximum absolute atomic E-state index is 12.9. The number of hydrogen-bond acceptors (Lipinski definition) is 4. The van der Waals surface area contributed by atoms with Crippen molar-refractivity contribution in [1.29, 1.82) is 0 Å². The smallest absolute Gasteiger partial charge is 0.416 e. The molecular formula is C18H21NO4. The number of hydrogen-bond donors (Lipinski definition) is 0. The van der Waals surface area contributed by atoms with E-state index in [4.69, 9.17) is 9.47 Å². The van der Waals surface area contributed by atoms with E-state index >= 15 is 0 Å². The summed E-state index contributed by atoms with van der Waals surface area (Å²) in [7, 11) is 0. The van der Waals surface area contributed by atoms with Crippen LogP contribution in [0.4, 0.5) is 4.79 Å². The van der Waals surface area contributed by atoms with Crippen LogP contribution in [0.2, 0.25) is 0 Å². The minimum atomic E-state index is -0.481. The lowest BCUT2D eigenvalue weighted by Crippen LogP contribution is -2.42. The predicted octanol–water partition coefficient (Wildman–Crippen LogP) is 2.39. The van der Waals surface area contributed by atoms with Crippen LogP contribution in [0.5, 0.6) is 0 Å². The number of rotatable bonds is 3. The lowest BCUT2D eigenvalue weighted by atomic mass is 9.93. The van der Waals surface area contributed by atoms with Crippen LogP contribution >= 0.6 is 0 Å². The van der Waals surface area contributed by atoms with Gasteiger partial charge in [0, 0.05) is 19.1 Å². The molecule has 2 heterocycles. The van der Waals surface area contributed by atoms with E-state index in [1.54, 1.807) is 0 Å². The highest BCUT2D eigenvalue weighted by Gasteiger charge is 2.60. The van der Waals surface area contributed by atoms with Crippen LogP contribution in [-0.4, -0.2) is 42.8 Å². The molecule has 0 N–H and O–H groups in total. The molecule has 0 bridgehead atoms. The molecule has 3 fully saturated rings. The van der Waals surface area contributed by atoms with E-state index in [0.29, 0.717) is 13.0 Å². The number of benzene rings is 1. The number of ether oxygens (including phenoxy) is 2. The molecule has 1 spiro atoms. The van der Waals surface area contributed by atoms with Crippen molar-refractivity contribution >= 4 is 12.0 Å². The first kappa shape index (κ1) is 14.7. The number of carbonyl (C=O) groups excluding carboxylic acids is 2. The Morgan fingerprint density at radius 1 is 1.22 bits per heavy atom. The van der Waals surface area contributed by atoms with Crippen LogP contribution < -0.4 is 0 Å². The SMILES string of the molecule is O=C1OC[C@@H](Cc2ccccc2)N1C(=O)[C@@H]1CC12CCOCC2. The van der Waals surface area contributed by atoms with E-state index in [-0.39, 0.29) is 23.3 Å². The van der Waals surface area contributed by atoms with E-state index in [1.807, 2.05) is 30.3 Å². The molecule has 5 nitrogen and oxygen atoms in total. The van der Waals surface area contributed by atoms with Crippen molar-refractivity contribution in [2.75, 3.05) is 19.8 Å².